The first-order valence-electron chi connectivity index (χ1n) is 26.4. The number of nitrogens with zero attached hydrogens (tertiary/aromatic N) is 3. The summed E-state index contributed by atoms with van der Waals surface area (Å²) in [6.45, 7) is 20.4. The second-order valence-electron chi connectivity index (χ2n) is 24.1. The van der Waals surface area contributed by atoms with Gasteiger partial charge in [-0.05, 0) is 129 Å². The molecule has 2 aliphatic heterocycles. The molecule has 0 aliphatic carbocycles. The van der Waals surface area contributed by atoms with E-state index in [9.17, 15) is 0 Å². The molecule has 15 rings (SSSR count). The van der Waals surface area contributed by atoms with Crippen molar-refractivity contribution in [2.24, 2.45) is 0 Å². The van der Waals surface area contributed by atoms with Gasteiger partial charge in [0, 0.05) is 59.8 Å². The van der Waals surface area contributed by atoms with Gasteiger partial charge in [0.1, 0.15) is 16.7 Å². The lowest BCUT2D eigenvalue weighted by Gasteiger charge is -2.43. The van der Waals surface area contributed by atoms with E-state index < -0.39 is 0 Å². The molecule has 0 radical (unpaired) electrons. The van der Waals surface area contributed by atoms with Crippen LogP contribution in [0.5, 0.6) is 0 Å². The van der Waals surface area contributed by atoms with Crippen molar-refractivity contribution in [3.63, 3.8) is 0 Å². The van der Waals surface area contributed by atoms with Crippen molar-refractivity contribution < 1.29 is 8.83 Å². The van der Waals surface area contributed by atoms with Gasteiger partial charge in [-0.25, -0.2) is 0 Å². The molecule has 5 nitrogen and oxygen atoms in total. The molecule has 0 saturated carbocycles. The molecule has 0 amide bonds. The molecule has 4 aromatic heterocycles. The molecule has 13 aromatic rings. The molecular weight excluding hydrogens is 934 g/mol. The number of para-hydroxylation sites is 2. The van der Waals surface area contributed by atoms with Gasteiger partial charge in [0.25, 0.3) is 6.71 Å². The molecule has 0 spiro atoms. The van der Waals surface area contributed by atoms with Crippen LogP contribution in [0.3, 0.4) is 0 Å². The molecule has 364 valence electrons. The maximum atomic E-state index is 7.53. The summed E-state index contributed by atoms with van der Waals surface area (Å²) >= 11 is 1.90. The van der Waals surface area contributed by atoms with E-state index in [0.29, 0.717) is 0 Å². The zero-order chi connectivity index (χ0) is 51.0. The van der Waals surface area contributed by atoms with Crippen LogP contribution >= 0.6 is 11.3 Å². The van der Waals surface area contributed by atoms with Crippen LogP contribution in [-0.4, -0.2) is 11.3 Å². The highest BCUT2D eigenvalue weighted by molar-refractivity contribution is 7.26. The summed E-state index contributed by atoms with van der Waals surface area (Å²) in [6.07, 6.45) is 0. The first-order valence-corrected chi connectivity index (χ1v) is 27.3. The quantitative estimate of drug-likeness (QED) is 0.165. The number of thiophene rings is 1. The van der Waals surface area contributed by atoms with Crippen molar-refractivity contribution in [2.75, 3.05) is 9.80 Å². The largest absolute Gasteiger partial charge is 0.468 e. The number of fused-ring (bicyclic) bond motifs is 17. The fourth-order valence-electron chi connectivity index (χ4n) is 12.7. The minimum atomic E-state index is -0.259. The van der Waals surface area contributed by atoms with Crippen LogP contribution in [0.15, 0.2) is 185 Å². The maximum absolute atomic E-state index is 7.53. The summed E-state index contributed by atoms with van der Waals surface area (Å²) in [5.41, 5.74) is 20.1. The van der Waals surface area contributed by atoms with E-state index in [1.165, 1.54) is 53.5 Å². The van der Waals surface area contributed by atoms with Crippen molar-refractivity contribution in [3.8, 4) is 5.69 Å². The Bertz CT molecular complexity index is 4550. The predicted octanol–water partition coefficient (Wildman–Crippen LogP) is 17.8. The molecule has 0 atom stereocenters. The number of hydrogen-bond acceptors (Lipinski definition) is 5. The number of furan rings is 2. The topological polar surface area (TPSA) is 37.7 Å². The highest BCUT2D eigenvalue weighted by Crippen LogP contribution is 2.53. The van der Waals surface area contributed by atoms with E-state index in [4.69, 9.17) is 8.83 Å². The van der Waals surface area contributed by atoms with Gasteiger partial charge < -0.3 is 23.2 Å². The number of rotatable bonds is 3. The smallest absolute Gasteiger partial charge is 0.297 e. The van der Waals surface area contributed by atoms with Gasteiger partial charge in [-0.2, -0.15) is 0 Å². The molecule has 0 fully saturated rings. The Morgan fingerprint density at radius 1 is 0.427 bits per heavy atom. The third-order valence-electron chi connectivity index (χ3n) is 16.4. The van der Waals surface area contributed by atoms with Gasteiger partial charge in [-0.1, -0.05) is 153 Å². The highest BCUT2D eigenvalue weighted by atomic mass is 32.1. The lowest BCUT2D eigenvalue weighted by Crippen LogP contribution is -2.61. The van der Waals surface area contributed by atoms with E-state index >= 15 is 0 Å². The van der Waals surface area contributed by atoms with Crippen LogP contribution in [-0.2, 0) is 16.2 Å². The molecule has 9 aromatic carbocycles. The average molecular weight is 990 g/mol. The second kappa shape index (κ2) is 15.3. The fraction of sp³-hybridized carbons (Fsp3) is 0.176. The zero-order valence-electron chi connectivity index (χ0n) is 43.9. The number of aromatic nitrogens is 1. The summed E-state index contributed by atoms with van der Waals surface area (Å²) in [5.74, 6) is 0. The fourth-order valence-corrected chi connectivity index (χ4v) is 13.9. The predicted molar refractivity (Wildman–Crippen MR) is 321 cm³/mol. The zero-order valence-corrected chi connectivity index (χ0v) is 44.7. The van der Waals surface area contributed by atoms with Crippen molar-refractivity contribution in [1.82, 2.24) is 4.57 Å². The number of anilines is 6. The first kappa shape index (κ1) is 44.5. The molecule has 6 heterocycles. The lowest BCUT2D eigenvalue weighted by atomic mass is 9.35. The molecule has 0 N–H and O–H groups in total. The Morgan fingerprint density at radius 2 is 1.01 bits per heavy atom. The van der Waals surface area contributed by atoms with Crippen molar-refractivity contribution in [3.05, 3.63) is 193 Å². The molecular formula is C68H56BN3O2S. The summed E-state index contributed by atoms with van der Waals surface area (Å²) < 4.78 is 19.4. The van der Waals surface area contributed by atoms with Crippen molar-refractivity contribution >= 4 is 144 Å². The van der Waals surface area contributed by atoms with E-state index in [1.807, 2.05) is 11.3 Å². The number of benzene rings is 9. The minimum Gasteiger partial charge on any atom is -0.468 e. The Kier molecular flexibility index (Phi) is 9.08. The molecule has 0 bridgehead atoms. The third-order valence-corrected chi connectivity index (χ3v) is 17.6. The van der Waals surface area contributed by atoms with Crippen LogP contribution < -0.4 is 26.4 Å². The summed E-state index contributed by atoms with van der Waals surface area (Å²) in [4.78, 5) is 5.08. The normalized spacial score (nSPS) is 13.9. The Hall–Kier alpha value is -8.00. The maximum Gasteiger partial charge on any atom is 0.297 e. The van der Waals surface area contributed by atoms with Gasteiger partial charge in [0.15, 0.2) is 0 Å². The monoisotopic (exact) mass is 989 g/mol. The van der Waals surface area contributed by atoms with Gasteiger partial charge in [-0.15, -0.1) is 11.3 Å². The van der Waals surface area contributed by atoms with Gasteiger partial charge in [0.2, 0.25) is 0 Å². The van der Waals surface area contributed by atoms with Crippen LogP contribution in [0, 0.1) is 0 Å². The molecule has 2 aliphatic rings. The Morgan fingerprint density at radius 3 is 1.69 bits per heavy atom. The van der Waals surface area contributed by atoms with Crippen LogP contribution in [0.4, 0.5) is 34.1 Å². The molecule has 0 saturated heterocycles. The third kappa shape index (κ3) is 6.31. The Labute approximate surface area is 441 Å². The first-order chi connectivity index (χ1) is 36.1. The van der Waals surface area contributed by atoms with Crippen LogP contribution in [0.1, 0.15) is 79.0 Å². The van der Waals surface area contributed by atoms with E-state index in [2.05, 4.69) is 253 Å². The number of hydrogen-bond donors (Lipinski definition) is 0. The van der Waals surface area contributed by atoms with Gasteiger partial charge in [0.05, 0.1) is 43.8 Å². The van der Waals surface area contributed by atoms with Crippen molar-refractivity contribution in [2.45, 2.75) is 78.6 Å². The SMILES string of the molecule is CC(C)(C)c1ccc(N2c3cccc4c3B(c3cc(-n5c6ccccc6c6c7oc8ccccc8c7ccc65)c5c(sc6ccccc65)c3N4c3ccc(C(C)(C)C)cc3)c3oc4ccc(C(C)(C)C)cc4c32)cc1. The van der Waals surface area contributed by atoms with E-state index in [1.54, 1.807) is 0 Å². The van der Waals surface area contributed by atoms with Gasteiger partial charge >= 0.3 is 0 Å². The second-order valence-corrected chi connectivity index (χ2v) is 25.2. The molecule has 7 heteroatoms. The summed E-state index contributed by atoms with van der Waals surface area (Å²) in [7, 11) is 0. The average Bonchev–Trinajstić information content (AvgIpc) is 4.39. The van der Waals surface area contributed by atoms with E-state index in [0.717, 1.165) is 94.5 Å². The minimum absolute atomic E-state index is 0.00334. The Balaban J connectivity index is 1.10. The molecule has 0 unspecified atom stereocenters. The highest BCUT2D eigenvalue weighted by Gasteiger charge is 2.48. The standard InChI is InChI=1S/C68H56BN3O2S/c1-66(2,3)39-25-30-42(31-26-39)70-52-21-16-22-53-60(52)69(65-61(70)48-37-41(68(7,8)9)29-36-56(48)74-65)49-38-54(72-50-20-13-10-18-46(50)58-51(72)35-34-45-44-17-11-14-23-55(44)73-63(45)58)59-47-19-12-15-24-57(47)75-64(59)62(49)71(53)43-32-27-40(28-33-43)67(4,5)6/h10-38H,1-9H3. The summed E-state index contributed by atoms with van der Waals surface area (Å²) in [6, 6.07) is 65.9. The van der Waals surface area contributed by atoms with Gasteiger partial charge in [-0.3, -0.25) is 0 Å². The lowest BCUT2D eigenvalue weighted by molar-refractivity contribution is 0.590. The van der Waals surface area contributed by atoms with Crippen LogP contribution in [0.2, 0.25) is 0 Å². The van der Waals surface area contributed by atoms with E-state index in [-0.39, 0.29) is 23.0 Å². The van der Waals surface area contributed by atoms with Crippen LogP contribution in [0.25, 0.3) is 80.6 Å². The molecule has 75 heavy (non-hydrogen) atoms. The summed E-state index contributed by atoms with van der Waals surface area (Å²) in [5, 5.41) is 8.13. The van der Waals surface area contributed by atoms with Crippen molar-refractivity contribution in [1.29, 1.82) is 0 Å².